The Morgan fingerprint density at radius 2 is 1.84 bits per heavy atom. The molecule has 1 saturated heterocycles. The van der Waals surface area contributed by atoms with Gasteiger partial charge in [0.15, 0.2) is 11.5 Å². The minimum atomic E-state index is -0.426. The van der Waals surface area contributed by atoms with E-state index in [1.165, 1.54) is 0 Å². The summed E-state index contributed by atoms with van der Waals surface area (Å²) < 4.78 is 0. The van der Waals surface area contributed by atoms with Gasteiger partial charge in [0.05, 0.1) is 21.3 Å². The maximum absolute atomic E-state index is 13.1. The van der Waals surface area contributed by atoms with E-state index in [4.69, 9.17) is 28.9 Å². The summed E-state index contributed by atoms with van der Waals surface area (Å²) in [4.78, 5) is 28.4. The van der Waals surface area contributed by atoms with Crippen LogP contribution in [0.4, 0.5) is 11.8 Å². The minimum Gasteiger partial charge on any atom is -0.383 e. The number of aromatic nitrogens is 3. The second kappa shape index (κ2) is 7.73. The molecule has 32 heavy (non-hydrogen) atoms. The zero-order valence-electron chi connectivity index (χ0n) is 17.0. The highest BCUT2D eigenvalue weighted by Crippen LogP contribution is 2.44. The van der Waals surface area contributed by atoms with Gasteiger partial charge < -0.3 is 10.6 Å². The molecule has 2 aromatic heterocycles. The maximum Gasteiger partial charge on any atom is 0.228 e. The molecule has 1 aliphatic carbocycles. The number of ketones is 1. The first-order valence-corrected chi connectivity index (χ1v) is 10.9. The highest BCUT2D eigenvalue weighted by molar-refractivity contribution is 6.43. The Balaban J connectivity index is 1.43. The number of carbonyl (C=O) groups excluding carboxylic acids is 1. The van der Waals surface area contributed by atoms with Gasteiger partial charge in [0.25, 0.3) is 0 Å². The average molecular weight is 465 g/mol. The number of piperidine rings is 1. The van der Waals surface area contributed by atoms with Crippen molar-refractivity contribution in [3.8, 4) is 17.2 Å². The van der Waals surface area contributed by atoms with E-state index in [2.05, 4.69) is 21.0 Å². The van der Waals surface area contributed by atoms with Crippen LogP contribution in [0, 0.1) is 16.7 Å². The Labute approximate surface area is 194 Å². The molecule has 0 saturated carbocycles. The van der Waals surface area contributed by atoms with Crippen LogP contribution in [0.1, 0.15) is 34.6 Å². The molecule has 3 heterocycles. The predicted molar refractivity (Wildman–Crippen MR) is 123 cm³/mol. The van der Waals surface area contributed by atoms with Gasteiger partial charge in [-0.1, -0.05) is 35.3 Å². The molecule has 1 aliphatic heterocycles. The van der Waals surface area contributed by atoms with E-state index in [9.17, 15) is 10.1 Å². The number of Topliss-reactive ketones (excluding diaryl/α,β-unsaturated/α-hetero) is 1. The summed E-state index contributed by atoms with van der Waals surface area (Å²) >= 11 is 12.5. The first-order valence-electron chi connectivity index (χ1n) is 10.2. The van der Waals surface area contributed by atoms with Gasteiger partial charge in [-0.3, -0.25) is 9.78 Å². The fraction of sp³-hybridized carbons (Fsp3) is 0.261. The van der Waals surface area contributed by atoms with Crippen LogP contribution in [-0.2, 0) is 6.42 Å². The molecule has 2 N–H and O–H groups in total. The molecule has 9 heteroatoms. The highest BCUT2D eigenvalue weighted by atomic mass is 35.5. The third-order valence-electron chi connectivity index (χ3n) is 6.38. The lowest BCUT2D eigenvalue weighted by atomic mass is 9.75. The van der Waals surface area contributed by atoms with Crippen LogP contribution in [0.15, 0.2) is 36.5 Å². The first-order chi connectivity index (χ1) is 15.4. The Hall–Kier alpha value is -3.21. The van der Waals surface area contributed by atoms with Gasteiger partial charge in [-0.2, -0.15) is 10.2 Å². The number of rotatable bonds is 2. The SMILES string of the molecule is N#Cc1nc(N2CCC3(CC2)Cc2ncccc2C3=O)nc(N)c1-c1cccc(Cl)c1Cl. The molecule has 2 aliphatic rings. The molecule has 0 radical (unpaired) electrons. The van der Waals surface area contributed by atoms with Gasteiger partial charge in [0, 0.05) is 42.2 Å². The smallest absolute Gasteiger partial charge is 0.228 e. The van der Waals surface area contributed by atoms with E-state index in [1.807, 2.05) is 11.0 Å². The molecule has 3 aromatic rings. The number of nitrogen functional groups attached to an aromatic ring is 1. The van der Waals surface area contributed by atoms with Crippen LogP contribution in [0.2, 0.25) is 10.0 Å². The Morgan fingerprint density at radius 3 is 2.56 bits per heavy atom. The molecule has 1 fully saturated rings. The summed E-state index contributed by atoms with van der Waals surface area (Å²) in [5.74, 6) is 0.700. The zero-order valence-corrected chi connectivity index (χ0v) is 18.5. The summed E-state index contributed by atoms with van der Waals surface area (Å²) in [5, 5.41) is 10.4. The lowest BCUT2D eigenvalue weighted by molar-refractivity contribution is 0.0774. The monoisotopic (exact) mass is 464 g/mol. The van der Waals surface area contributed by atoms with E-state index in [1.54, 1.807) is 30.5 Å². The number of carbonyl (C=O) groups is 1. The van der Waals surface area contributed by atoms with Crippen molar-refractivity contribution in [2.45, 2.75) is 19.3 Å². The van der Waals surface area contributed by atoms with Gasteiger partial charge in [-0.25, -0.2) is 4.98 Å². The van der Waals surface area contributed by atoms with Crippen molar-refractivity contribution in [2.75, 3.05) is 23.7 Å². The van der Waals surface area contributed by atoms with Gasteiger partial charge >= 0.3 is 0 Å². The summed E-state index contributed by atoms with van der Waals surface area (Å²) in [5.41, 5.74) is 8.45. The van der Waals surface area contributed by atoms with Crippen LogP contribution in [-0.4, -0.2) is 33.8 Å². The summed E-state index contributed by atoms with van der Waals surface area (Å²) in [6.45, 7) is 1.17. The van der Waals surface area contributed by atoms with E-state index in [0.717, 1.165) is 11.3 Å². The van der Waals surface area contributed by atoms with E-state index in [0.29, 0.717) is 59.5 Å². The summed E-state index contributed by atoms with van der Waals surface area (Å²) in [7, 11) is 0. The van der Waals surface area contributed by atoms with Crippen molar-refractivity contribution in [1.29, 1.82) is 5.26 Å². The van der Waals surface area contributed by atoms with Crippen LogP contribution in [0.25, 0.3) is 11.1 Å². The zero-order chi connectivity index (χ0) is 22.5. The molecule has 0 unspecified atom stereocenters. The number of hydrogen-bond acceptors (Lipinski definition) is 7. The van der Waals surface area contributed by atoms with Crippen molar-refractivity contribution in [3.63, 3.8) is 0 Å². The van der Waals surface area contributed by atoms with Crippen LogP contribution in [0.5, 0.6) is 0 Å². The topological polar surface area (TPSA) is 109 Å². The van der Waals surface area contributed by atoms with E-state index >= 15 is 0 Å². The molecule has 0 atom stereocenters. The lowest BCUT2D eigenvalue weighted by Gasteiger charge is -2.38. The molecule has 1 spiro atoms. The lowest BCUT2D eigenvalue weighted by Crippen LogP contribution is -2.44. The quantitative estimate of drug-likeness (QED) is 0.600. The van der Waals surface area contributed by atoms with E-state index < -0.39 is 5.41 Å². The highest BCUT2D eigenvalue weighted by Gasteiger charge is 2.48. The second-order valence-electron chi connectivity index (χ2n) is 8.12. The largest absolute Gasteiger partial charge is 0.383 e. The second-order valence-corrected chi connectivity index (χ2v) is 8.90. The Morgan fingerprint density at radius 1 is 1.09 bits per heavy atom. The minimum absolute atomic E-state index is 0.130. The van der Waals surface area contributed by atoms with Crippen molar-refractivity contribution >= 4 is 40.8 Å². The third kappa shape index (κ3) is 3.19. The van der Waals surface area contributed by atoms with E-state index in [-0.39, 0.29) is 17.3 Å². The number of nitrogens with two attached hydrogens (primary N) is 1. The Bertz CT molecular complexity index is 1290. The van der Waals surface area contributed by atoms with Crippen molar-refractivity contribution in [1.82, 2.24) is 15.0 Å². The number of pyridine rings is 1. The maximum atomic E-state index is 13.1. The summed E-state index contributed by atoms with van der Waals surface area (Å²) in [6, 6.07) is 10.9. The molecule has 160 valence electrons. The number of halogens is 2. The fourth-order valence-corrected chi connectivity index (χ4v) is 5.06. The molecule has 5 rings (SSSR count). The first kappa shape index (κ1) is 20.7. The molecular weight excluding hydrogens is 447 g/mol. The third-order valence-corrected chi connectivity index (χ3v) is 7.20. The van der Waals surface area contributed by atoms with Crippen molar-refractivity contribution in [3.05, 3.63) is 63.5 Å². The average Bonchev–Trinajstić information content (AvgIpc) is 3.07. The fourth-order valence-electron chi connectivity index (χ4n) is 4.66. The van der Waals surface area contributed by atoms with Crippen LogP contribution >= 0.6 is 23.2 Å². The van der Waals surface area contributed by atoms with Crippen molar-refractivity contribution in [2.24, 2.45) is 5.41 Å². The molecular formula is C23H18Cl2N6O. The summed E-state index contributed by atoms with van der Waals surface area (Å²) in [6.07, 6.45) is 3.72. The van der Waals surface area contributed by atoms with Gasteiger partial charge in [0.1, 0.15) is 11.9 Å². The Kier molecular flexibility index (Phi) is 5.00. The number of fused-ring (bicyclic) bond motifs is 1. The molecule has 7 nitrogen and oxygen atoms in total. The standard InChI is InChI=1S/C23H18Cl2N6O/c24-15-5-1-3-14(19(15)25)18-17(12-26)29-22(30-21(18)27)31-9-6-23(7-10-31)11-16-13(20(23)32)4-2-8-28-16/h1-5,8H,6-7,9-11H2,(H2,27,29,30). The van der Waals surface area contributed by atoms with Crippen LogP contribution < -0.4 is 10.6 Å². The number of hydrogen-bond donors (Lipinski definition) is 1. The molecule has 0 amide bonds. The number of nitriles is 1. The number of nitrogens with zero attached hydrogens (tertiary/aromatic N) is 5. The molecule has 0 bridgehead atoms. The van der Waals surface area contributed by atoms with Gasteiger partial charge in [0.2, 0.25) is 5.95 Å². The normalized spacial score (nSPS) is 16.8. The molecule has 1 aromatic carbocycles. The number of anilines is 2. The van der Waals surface area contributed by atoms with Gasteiger partial charge in [-0.05, 0) is 31.0 Å². The predicted octanol–water partition coefficient (Wildman–Crippen LogP) is 4.32. The van der Waals surface area contributed by atoms with Gasteiger partial charge in [-0.15, -0.1) is 0 Å². The number of benzene rings is 1. The van der Waals surface area contributed by atoms with Crippen LogP contribution in [0.3, 0.4) is 0 Å². The van der Waals surface area contributed by atoms with Crippen molar-refractivity contribution < 1.29 is 4.79 Å².